The molecule has 2 rings (SSSR count). The molecule has 0 aromatic heterocycles. The third kappa shape index (κ3) is 4.09. The summed E-state index contributed by atoms with van der Waals surface area (Å²) in [5, 5.41) is 0. The van der Waals surface area contributed by atoms with Crippen molar-refractivity contribution in [2.24, 2.45) is 11.7 Å². The minimum atomic E-state index is -0.389. The molecule has 2 N–H and O–H groups in total. The van der Waals surface area contributed by atoms with Crippen LogP contribution in [0.2, 0.25) is 0 Å². The molecule has 0 aromatic carbocycles. The van der Waals surface area contributed by atoms with Gasteiger partial charge in [-0.25, -0.2) is 0 Å². The van der Waals surface area contributed by atoms with Crippen LogP contribution in [0, 0.1) is 5.92 Å². The number of nitrogens with zero attached hydrogens (tertiary/aromatic N) is 1. The Kier molecular flexibility index (Phi) is 6.92. The molecule has 0 aliphatic carbocycles. The van der Waals surface area contributed by atoms with Crippen molar-refractivity contribution in [3.63, 3.8) is 0 Å². The molecule has 0 spiro atoms. The van der Waals surface area contributed by atoms with Gasteiger partial charge in [0.05, 0.1) is 19.8 Å². The number of piperidine rings is 1. The molecular formula is C12H23ClN2O3. The first kappa shape index (κ1) is 15.7. The first-order chi connectivity index (χ1) is 8.31. The highest BCUT2D eigenvalue weighted by Gasteiger charge is 2.30. The first-order valence-electron chi connectivity index (χ1n) is 6.49. The van der Waals surface area contributed by atoms with Crippen molar-refractivity contribution >= 4 is 18.3 Å². The quantitative estimate of drug-likeness (QED) is 0.812. The lowest BCUT2D eigenvalue weighted by Gasteiger charge is -2.35. The van der Waals surface area contributed by atoms with Gasteiger partial charge >= 0.3 is 0 Å². The zero-order valence-corrected chi connectivity index (χ0v) is 11.5. The molecule has 2 saturated heterocycles. The minimum absolute atomic E-state index is 0. The molecule has 5 nitrogen and oxygen atoms in total. The fourth-order valence-corrected chi connectivity index (χ4v) is 2.57. The number of hydrogen-bond acceptors (Lipinski definition) is 4. The zero-order valence-electron chi connectivity index (χ0n) is 10.7. The smallest absolute Gasteiger partial charge is 0.254 e. The molecule has 0 bridgehead atoms. The van der Waals surface area contributed by atoms with E-state index < -0.39 is 0 Å². The van der Waals surface area contributed by atoms with Crippen LogP contribution in [0.1, 0.15) is 19.3 Å². The highest BCUT2D eigenvalue weighted by atomic mass is 35.5. The minimum Gasteiger partial charge on any atom is -0.376 e. The number of hydrogen-bond donors (Lipinski definition) is 1. The summed E-state index contributed by atoms with van der Waals surface area (Å²) in [4.78, 5) is 14.1. The molecule has 2 heterocycles. The van der Waals surface area contributed by atoms with Crippen LogP contribution >= 0.6 is 12.4 Å². The van der Waals surface area contributed by atoms with E-state index in [2.05, 4.69) is 0 Å². The zero-order chi connectivity index (χ0) is 12.1. The van der Waals surface area contributed by atoms with Gasteiger partial charge in [-0.3, -0.25) is 4.79 Å². The summed E-state index contributed by atoms with van der Waals surface area (Å²) >= 11 is 0. The van der Waals surface area contributed by atoms with Crippen molar-refractivity contribution in [2.75, 3.05) is 39.5 Å². The first-order valence-corrected chi connectivity index (χ1v) is 6.49. The van der Waals surface area contributed by atoms with Crippen molar-refractivity contribution in [2.45, 2.75) is 25.4 Å². The number of rotatable bonds is 3. The lowest BCUT2D eigenvalue weighted by molar-refractivity contribution is -0.159. The van der Waals surface area contributed by atoms with E-state index in [-0.39, 0.29) is 24.4 Å². The Hall–Kier alpha value is -0.360. The lowest BCUT2D eigenvalue weighted by Crippen LogP contribution is -2.49. The van der Waals surface area contributed by atoms with E-state index in [1.165, 1.54) is 6.42 Å². The van der Waals surface area contributed by atoms with Gasteiger partial charge in [0.1, 0.15) is 0 Å². The van der Waals surface area contributed by atoms with Gasteiger partial charge in [-0.2, -0.15) is 0 Å². The van der Waals surface area contributed by atoms with Gasteiger partial charge in [0, 0.05) is 13.1 Å². The van der Waals surface area contributed by atoms with Gasteiger partial charge < -0.3 is 20.1 Å². The molecule has 2 fully saturated rings. The molecule has 2 atom stereocenters. The van der Waals surface area contributed by atoms with E-state index in [9.17, 15) is 4.79 Å². The summed E-state index contributed by atoms with van der Waals surface area (Å²) in [6.07, 6.45) is 2.87. The Balaban J connectivity index is 0.00000162. The lowest BCUT2D eigenvalue weighted by atomic mass is 9.94. The van der Waals surface area contributed by atoms with Crippen molar-refractivity contribution in [3.8, 4) is 0 Å². The van der Waals surface area contributed by atoms with Crippen molar-refractivity contribution < 1.29 is 14.3 Å². The molecule has 1 amide bonds. The number of carbonyl (C=O) groups is 1. The molecule has 106 valence electrons. The van der Waals surface area contributed by atoms with Gasteiger partial charge in [-0.15, -0.1) is 12.4 Å². The summed E-state index contributed by atoms with van der Waals surface area (Å²) in [6, 6.07) is 0. The van der Waals surface area contributed by atoms with Crippen LogP contribution in [-0.2, 0) is 14.3 Å². The second kappa shape index (κ2) is 7.94. The summed E-state index contributed by atoms with van der Waals surface area (Å²) in [7, 11) is 0. The average molecular weight is 279 g/mol. The van der Waals surface area contributed by atoms with Crippen LogP contribution in [0.25, 0.3) is 0 Å². The van der Waals surface area contributed by atoms with Crippen LogP contribution in [0.4, 0.5) is 0 Å². The normalized spacial score (nSPS) is 28.6. The molecule has 18 heavy (non-hydrogen) atoms. The highest BCUT2D eigenvalue weighted by Crippen LogP contribution is 2.20. The predicted molar refractivity (Wildman–Crippen MR) is 70.8 cm³/mol. The summed E-state index contributed by atoms with van der Waals surface area (Å²) < 4.78 is 10.7. The van der Waals surface area contributed by atoms with Crippen LogP contribution in [-0.4, -0.2) is 56.4 Å². The summed E-state index contributed by atoms with van der Waals surface area (Å²) in [5.41, 5.74) is 5.58. The van der Waals surface area contributed by atoms with Gasteiger partial charge in [-0.05, 0) is 31.7 Å². The Bertz CT molecular complexity index is 258. The standard InChI is InChI=1S/C12H22N2O3.ClH/c13-4-3-10-2-1-5-14(8-10)12(15)11-9-16-6-7-17-11;/h10-11H,1-9,13H2;1H. The Labute approximate surface area is 114 Å². The van der Waals surface area contributed by atoms with Gasteiger partial charge in [0.15, 0.2) is 6.10 Å². The maximum absolute atomic E-state index is 12.2. The molecule has 0 aromatic rings. The SMILES string of the molecule is Cl.NCCC1CCCN(C(=O)C2COCCO2)C1. The Morgan fingerprint density at radius 2 is 2.22 bits per heavy atom. The van der Waals surface area contributed by atoms with Crippen LogP contribution in [0.15, 0.2) is 0 Å². The van der Waals surface area contributed by atoms with Gasteiger partial charge in [0.25, 0.3) is 5.91 Å². The van der Waals surface area contributed by atoms with Crippen molar-refractivity contribution in [1.82, 2.24) is 4.90 Å². The Morgan fingerprint density at radius 3 is 2.89 bits per heavy atom. The van der Waals surface area contributed by atoms with Crippen LogP contribution in [0.5, 0.6) is 0 Å². The number of nitrogens with two attached hydrogens (primary N) is 1. The molecule has 2 unspecified atom stereocenters. The van der Waals surface area contributed by atoms with Gasteiger partial charge in [-0.1, -0.05) is 0 Å². The second-order valence-electron chi connectivity index (χ2n) is 4.80. The number of amides is 1. The number of ether oxygens (including phenoxy) is 2. The third-order valence-electron chi connectivity index (χ3n) is 3.50. The van der Waals surface area contributed by atoms with Crippen LogP contribution < -0.4 is 5.73 Å². The van der Waals surface area contributed by atoms with E-state index in [1.807, 2.05) is 4.90 Å². The van der Waals surface area contributed by atoms with E-state index in [1.54, 1.807) is 0 Å². The average Bonchev–Trinajstić information content (AvgIpc) is 2.40. The van der Waals surface area contributed by atoms with E-state index in [0.717, 1.165) is 25.9 Å². The predicted octanol–water partition coefficient (Wildman–Crippen LogP) is 0.411. The maximum atomic E-state index is 12.2. The summed E-state index contributed by atoms with van der Waals surface area (Å²) in [5.74, 6) is 0.647. The van der Waals surface area contributed by atoms with E-state index in [4.69, 9.17) is 15.2 Å². The maximum Gasteiger partial charge on any atom is 0.254 e. The molecule has 6 heteroatoms. The highest BCUT2D eigenvalue weighted by molar-refractivity contribution is 5.85. The molecule has 0 saturated carbocycles. The summed E-state index contributed by atoms with van der Waals surface area (Å²) in [6.45, 7) is 3.90. The number of likely N-dealkylation sites (tertiary alicyclic amines) is 1. The molecule has 2 aliphatic rings. The largest absolute Gasteiger partial charge is 0.376 e. The molecule has 2 aliphatic heterocycles. The van der Waals surface area contributed by atoms with E-state index in [0.29, 0.717) is 32.3 Å². The van der Waals surface area contributed by atoms with E-state index >= 15 is 0 Å². The third-order valence-corrected chi connectivity index (χ3v) is 3.50. The van der Waals surface area contributed by atoms with Crippen LogP contribution in [0.3, 0.4) is 0 Å². The molecule has 0 radical (unpaired) electrons. The fourth-order valence-electron chi connectivity index (χ4n) is 2.57. The topological polar surface area (TPSA) is 64.8 Å². The fraction of sp³-hybridized carbons (Fsp3) is 0.917. The van der Waals surface area contributed by atoms with Crippen molar-refractivity contribution in [1.29, 1.82) is 0 Å². The monoisotopic (exact) mass is 278 g/mol. The van der Waals surface area contributed by atoms with Gasteiger partial charge in [0.2, 0.25) is 0 Å². The van der Waals surface area contributed by atoms with Crippen molar-refractivity contribution in [3.05, 3.63) is 0 Å². The Morgan fingerprint density at radius 1 is 1.39 bits per heavy atom. The number of halogens is 1. The second-order valence-corrected chi connectivity index (χ2v) is 4.80. The molecular weight excluding hydrogens is 256 g/mol. The number of carbonyl (C=O) groups excluding carboxylic acids is 1.